The van der Waals surface area contributed by atoms with Gasteiger partial charge >= 0.3 is 0 Å². The van der Waals surface area contributed by atoms with Crippen LogP contribution in [-0.2, 0) is 22.6 Å². The summed E-state index contributed by atoms with van der Waals surface area (Å²) in [5, 5.41) is 3.96. The van der Waals surface area contributed by atoms with Gasteiger partial charge in [-0.15, -0.1) is 0 Å². The van der Waals surface area contributed by atoms with Crippen molar-refractivity contribution in [2.24, 2.45) is 5.92 Å². The summed E-state index contributed by atoms with van der Waals surface area (Å²) >= 11 is 0. The van der Waals surface area contributed by atoms with E-state index in [9.17, 15) is 9.59 Å². The van der Waals surface area contributed by atoms with E-state index in [0.29, 0.717) is 26.1 Å². The Morgan fingerprint density at radius 1 is 1.43 bits per heavy atom. The van der Waals surface area contributed by atoms with E-state index < -0.39 is 0 Å². The molecule has 1 atom stereocenters. The van der Waals surface area contributed by atoms with E-state index in [-0.39, 0.29) is 23.8 Å². The average molecular weight is 291 g/mol. The Balaban J connectivity index is 1.69. The van der Waals surface area contributed by atoms with Crippen molar-refractivity contribution in [2.45, 2.75) is 46.2 Å². The van der Waals surface area contributed by atoms with Crippen molar-refractivity contribution < 1.29 is 14.1 Å². The standard InChI is InChI=1S/C15H21N3O3/c1-9(2)18-7-11(6-14(18)19)15(20)17-5-4-12-10(3)16-21-13(12)8-17/h9,11H,4-8H2,1-3H3. The molecule has 0 radical (unpaired) electrons. The van der Waals surface area contributed by atoms with E-state index in [4.69, 9.17) is 4.52 Å². The van der Waals surface area contributed by atoms with E-state index >= 15 is 0 Å². The number of hydrogen-bond donors (Lipinski definition) is 0. The second-order valence-electron chi connectivity index (χ2n) is 6.22. The SMILES string of the molecule is Cc1noc2c1CCN(C(=O)C1CC(=O)N(C(C)C)C1)C2. The molecule has 1 aromatic rings. The molecule has 0 aliphatic carbocycles. The van der Waals surface area contributed by atoms with Crippen LogP contribution in [0, 0.1) is 12.8 Å². The number of rotatable bonds is 2. The smallest absolute Gasteiger partial charge is 0.228 e. The van der Waals surface area contributed by atoms with Crippen LogP contribution in [0.15, 0.2) is 4.52 Å². The molecule has 0 spiro atoms. The molecule has 6 nitrogen and oxygen atoms in total. The van der Waals surface area contributed by atoms with E-state index in [1.807, 2.05) is 20.8 Å². The zero-order valence-electron chi connectivity index (χ0n) is 12.8. The molecule has 3 heterocycles. The summed E-state index contributed by atoms with van der Waals surface area (Å²) in [5.41, 5.74) is 2.05. The van der Waals surface area contributed by atoms with Crippen molar-refractivity contribution in [2.75, 3.05) is 13.1 Å². The van der Waals surface area contributed by atoms with E-state index in [2.05, 4.69) is 5.16 Å². The van der Waals surface area contributed by atoms with Crippen molar-refractivity contribution in [3.05, 3.63) is 17.0 Å². The van der Waals surface area contributed by atoms with Crippen LogP contribution in [0.1, 0.15) is 37.3 Å². The molecule has 114 valence electrons. The van der Waals surface area contributed by atoms with Crippen molar-refractivity contribution in [1.82, 2.24) is 15.0 Å². The Hall–Kier alpha value is -1.85. The number of carbonyl (C=O) groups is 2. The summed E-state index contributed by atoms with van der Waals surface area (Å²) in [5.74, 6) is 0.713. The first kappa shape index (κ1) is 14.1. The highest BCUT2D eigenvalue weighted by atomic mass is 16.5. The number of aryl methyl sites for hydroxylation is 1. The van der Waals surface area contributed by atoms with Crippen LogP contribution >= 0.6 is 0 Å². The van der Waals surface area contributed by atoms with Crippen LogP contribution in [0.2, 0.25) is 0 Å². The minimum absolute atomic E-state index is 0.0613. The van der Waals surface area contributed by atoms with E-state index in [0.717, 1.165) is 23.4 Å². The lowest BCUT2D eigenvalue weighted by atomic mass is 10.0. The third kappa shape index (κ3) is 2.43. The van der Waals surface area contributed by atoms with Crippen LogP contribution in [-0.4, -0.2) is 45.9 Å². The van der Waals surface area contributed by atoms with Gasteiger partial charge in [0.1, 0.15) is 0 Å². The molecule has 0 bridgehead atoms. The highest BCUT2D eigenvalue weighted by molar-refractivity contribution is 5.89. The van der Waals surface area contributed by atoms with Crippen LogP contribution in [0.4, 0.5) is 0 Å². The zero-order valence-corrected chi connectivity index (χ0v) is 12.8. The highest BCUT2D eigenvalue weighted by Crippen LogP contribution is 2.26. The minimum Gasteiger partial charge on any atom is -0.359 e. The largest absolute Gasteiger partial charge is 0.359 e. The summed E-state index contributed by atoms with van der Waals surface area (Å²) < 4.78 is 5.29. The van der Waals surface area contributed by atoms with Crippen LogP contribution in [0.25, 0.3) is 0 Å². The van der Waals surface area contributed by atoms with Gasteiger partial charge in [0.05, 0.1) is 18.2 Å². The van der Waals surface area contributed by atoms with Gasteiger partial charge in [0.15, 0.2) is 5.76 Å². The number of hydrogen-bond acceptors (Lipinski definition) is 4. The van der Waals surface area contributed by atoms with E-state index in [1.165, 1.54) is 0 Å². The Kier molecular flexibility index (Phi) is 3.47. The molecule has 0 saturated carbocycles. The Bertz CT molecular complexity index is 579. The summed E-state index contributed by atoms with van der Waals surface area (Å²) in [7, 11) is 0. The fourth-order valence-electron chi connectivity index (χ4n) is 3.22. The second-order valence-corrected chi connectivity index (χ2v) is 6.22. The molecule has 3 rings (SSSR count). The molecule has 21 heavy (non-hydrogen) atoms. The Labute approximate surface area is 124 Å². The van der Waals surface area contributed by atoms with E-state index in [1.54, 1.807) is 9.80 Å². The first-order valence-corrected chi connectivity index (χ1v) is 7.49. The van der Waals surface area contributed by atoms with Gasteiger partial charge in [-0.05, 0) is 27.2 Å². The van der Waals surface area contributed by atoms with Crippen LogP contribution in [0.3, 0.4) is 0 Å². The van der Waals surface area contributed by atoms with Crippen LogP contribution < -0.4 is 0 Å². The number of aromatic nitrogens is 1. The van der Waals surface area contributed by atoms with Gasteiger partial charge in [-0.2, -0.15) is 0 Å². The monoisotopic (exact) mass is 291 g/mol. The average Bonchev–Trinajstić information content (AvgIpc) is 3.01. The Morgan fingerprint density at radius 2 is 2.19 bits per heavy atom. The molecule has 1 fully saturated rings. The maximum atomic E-state index is 12.6. The van der Waals surface area contributed by atoms with Crippen LogP contribution in [0.5, 0.6) is 0 Å². The molecule has 2 aliphatic heterocycles. The molecule has 1 saturated heterocycles. The summed E-state index contributed by atoms with van der Waals surface area (Å²) in [4.78, 5) is 28.1. The third-order valence-corrected chi connectivity index (χ3v) is 4.47. The van der Waals surface area contributed by atoms with Gasteiger partial charge in [0.2, 0.25) is 11.8 Å². The molecule has 0 N–H and O–H groups in total. The lowest BCUT2D eigenvalue weighted by molar-refractivity contribution is -0.137. The molecule has 1 unspecified atom stereocenters. The summed E-state index contributed by atoms with van der Waals surface area (Å²) in [6.45, 7) is 7.58. The fraction of sp³-hybridized carbons (Fsp3) is 0.667. The molecular weight excluding hydrogens is 270 g/mol. The molecule has 1 aromatic heterocycles. The predicted molar refractivity (Wildman–Crippen MR) is 75.3 cm³/mol. The molecule has 2 amide bonds. The number of amides is 2. The molecular formula is C15H21N3O3. The predicted octanol–water partition coefficient (Wildman–Crippen LogP) is 1.12. The number of likely N-dealkylation sites (tertiary alicyclic amines) is 1. The normalized spacial score (nSPS) is 22.1. The van der Waals surface area contributed by atoms with Crippen molar-refractivity contribution in [3.8, 4) is 0 Å². The summed E-state index contributed by atoms with van der Waals surface area (Å²) in [6, 6.07) is 0.153. The number of nitrogens with zero attached hydrogens (tertiary/aromatic N) is 3. The summed E-state index contributed by atoms with van der Waals surface area (Å²) in [6.07, 6.45) is 1.11. The van der Waals surface area contributed by atoms with Gasteiger partial charge in [0, 0.05) is 31.1 Å². The quantitative estimate of drug-likeness (QED) is 0.819. The Morgan fingerprint density at radius 3 is 2.86 bits per heavy atom. The maximum absolute atomic E-state index is 12.6. The maximum Gasteiger partial charge on any atom is 0.228 e. The highest BCUT2D eigenvalue weighted by Gasteiger charge is 2.38. The van der Waals surface area contributed by atoms with Gasteiger partial charge in [-0.3, -0.25) is 9.59 Å². The fourth-order valence-corrected chi connectivity index (χ4v) is 3.22. The lowest BCUT2D eigenvalue weighted by Gasteiger charge is -2.28. The zero-order chi connectivity index (χ0) is 15.1. The first-order chi connectivity index (χ1) is 9.97. The molecule has 0 aromatic carbocycles. The third-order valence-electron chi connectivity index (χ3n) is 4.47. The molecule has 2 aliphatic rings. The van der Waals surface area contributed by atoms with Gasteiger partial charge in [0.25, 0.3) is 0 Å². The number of fused-ring (bicyclic) bond motifs is 1. The molecule has 6 heteroatoms. The number of carbonyl (C=O) groups excluding carboxylic acids is 2. The lowest BCUT2D eigenvalue weighted by Crippen LogP contribution is -2.41. The van der Waals surface area contributed by atoms with Crippen molar-refractivity contribution in [1.29, 1.82) is 0 Å². The van der Waals surface area contributed by atoms with Gasteiger partial charge in [-0.1, -0.05) is 5.16 Å². The topological polar surface area (TPSA) is 66.7 Å². The second kappa shape index (κ2) is 5.16. The van der Waals surface area contributed by atoms with Crippen molar-refractivity contribution >= 4 is 11.8 Å². The van der Waals surface area contributed by atoms with Gasteiger partial charge in [-0.25, -0.2) is 0 Å². The first-order valence-electron chi connectivity index (χ1n) is 7.49. The van der Waals surface area contributed by atoms with Crippen molar-refractivity contribution in [3.63, 3.8) is 0 Å². The minimum atomic E-state index is -0.217. The van der Waals surface area contributed by atoms with Gasteiger partial charge < -0.3 is 14.3 Å².